The van der Waals surface area contributed by atoms with Crippen molar-refractivity contribution in [3.63, 3.8) is 0 Å². The van der Waals surface area contributed by atoms with Crippen molar-refractivity contribution in [3.05, 3.63) is 71.8 Å². The molecular weight excluding hydrogens is 506 g/mol. The van der Waals surface area contributed by atoms with E-state index in [0.717, 1.165) is 60.1 Å². The quantitative estimate of drug-likeness (QED) is 0.313. The van der Waals surface area contributed by atoms with Gasteiger partial charge in [0.15, 0.2) is 5.82 Å². The Morgan fingerprint density at radius 1 is 1.05 bits per heavy atom. The SMILES string of the molecule is Cc1cc(-c2cc(Nc3ccc(N4CCNCC4)cn3)ncn2)ccc1[C@@H](C)NC(=O)c1nc(C(C)(C)C)no1. The molecule has 1 fully saturated rings. The molecule has 208 valence electrons. The maximum absolute atomic E-state index is 12.7. The van der Waals surface area contributed by atoms with Crippen molar-refractivity contribution < 1.29 is 9.32 Å². The highest BCUT2D eigenvalue weighted by Gasteiger charge is 2.25. The normalized spacial score (nSPS) is 14.6. The van der Waals surface area contributed by atoms with Crippen LogP contribution < -0.4 is 20.9 Å². The topological polar surface area (TPSA) is 134 Å². The number of aryl methyl sites for hydroxylation is 1. The second kappa shape index (κ2) is 11.4. The molecular formula is C29H35N9O2. The van der Waals surface area contributed by atoms with Crippen LogP contribution in [0.25, 0.3) is 11.3 Å². The summed E-state index contributed by atoms with van der Waals surface area (Å²) >= 11 is 0. The zero-order chi connectivity index (χ0) is 28.3. The minimum absolute atomic E-state index is 0.0417. The fraction of sp³-hybridized carbons (Fsp3) is 0.379. The molecule has 0 spiro atoms. The van der Waals surface area contributed by atoms with Crippen LogP contribution in [-0.4, -0.2) is 57.2 Å². The van der Waals surface area contributed by atoms with Crippen LogP contribution in [0.4, 0.5) is 17.3 Å². The smallest absolute Gasteiger partial charge is 0.315 e. The van der Waals surface area contributed by atoms with Gasteiger partial charge < -0.3 is 25.4 Å². The maximum Gasteiger partial charge on any atom is 0.315 e. The number of pyridine rings is 1. The van der Waals surface area contributed by atoms with Gasteiger partial charge in [0.2, 0.25) is 0 Å². The van der Waals surface area contributed by atoms with E-state index in [9.17, 15) is 4.79 Å². The fourth-order valence-corrected chi connectivity index (χ4v) is 4.56. The van der Waals surface area contributed by atoms with E-state index in [1.807, 2.05) is 65.1 Å². The van der Waals surface area contributed by atoms with E-state index in [1.54, 1.807) is 0 Å². The van der Waals surface area contributed by atoms with E-state index in [2.05, 4.69) is 58.1 Å². The second-order valence-corrected chi connectivity index (χ2v) is 11.0. The molecule has 0 bridgehead atoms. The molecule has 1 amide bonds. The number of hydrogen-bond donors (Lipinski definition) is 3. The third-order valence-corrected chi connectivity index (χ3v) is 6.82. The Bertz CT molecular complexity index is 1470. The van der Waals surface area contributed by atoms with E-state index < -0.39 is 5.91 Å². The van der Waals surface area contributed by atoms with Gasteiger partial charge in [0.25, 0.3) is 0 Å². The van der Waals surface area contributed by atoms with Crippen LogP contribution in [0.15, 0.2) is 53.4 Å². The molecule has 0 radical (unpaired) electrons. The number of aromatic nitrogens is 5. The molecule has 11 nitrogen and oxygen atoms in total. The van der Waals surface area contributed by atoms with Crippen molar-refractivity contribution in [2.24, 2.45) is 0 Å². The molecule has 0 saturated carbocycles. The number of hydrogen-bond acceptors (Lipinski definition) is 10. The second-order valence-electron chi connectivity index (χ2n) is 11.0. The third kappa shape index (κ3) is 6.26. The van der Waals surface area contributed by atoms with Crippen molar-refractivity contribution in [3.8, 4) is 11.3 Å². The average molecular weight is 542 g/mol. The molecule has 0 unspecified atom stereocenters. The van der Waals surface area contributed by atoms with Gasteiger partial charge in [-0.05, 0) is 43.2 Å². The van der Waals surface area contributed by atoms with E-state index in [4.69, 9.17) is 4.52 Å². The summed E-state index contributed by atoms with van der Waals surface area (Å²) in [6.45, 7) is 13.7. The van der Waals surface area contributed by atoms with Gasteiger partial charge in [-0.25, -0.2) is 15.0 Å². The van der Waals surface area contributed by atoms with Gasteiger partial charge >= 0.3 is 11.8 Å². The fourth-order valence-electron chi connectivity index (χ4n) is 4.56. The van der Waals surface area contributed by atoms with Crippen molar-refractivity contribution in [2.75, 3.05) is 36.4 Å². The van der Waals surface area contributed by atoms with Crippen LogP contribution in [0.5, 0.6) is 0 Å². The zero-order valence-electron chi connectivity index (χ0n) is 23.5. The summed E-state index contributed by atoms with van der Waals surface area (Å²) in [5.41, 5.74) is 4.53. The number of piperazine rings is 1. The number of nitrogens with zero attached hydrogens (tertiary/aromatic N) is 6. The Morgan fingerprint density at radius 3 is 2.52 bits per heavy atom. The first kappa shape index (κ1) is 27.2. The highest BCUT2D eigenvalue weighted by molar-refractivity contribution is 5.89. The largest absolute Gasteiger partial charge is 0.368 e. The van der Waals surface area contributed by atoms with E-state index >= 15 is 0 Å². The molecule has 1 atom stereocenters. The molecule has 1 aliphatic heterocycles. The lowest BCUT2D eigenvalue weighted by Gasteiger charge is -2.29. The van der Waals surface area contributed by atoms with Gasteiger partial charge in [0, 0.05) is 43.2 Å². The predicted molar refractivity (Wildman–Crippen MR) is 154 cm³/mol. The van der Waals surface area contributed by atoms with Crippen LogP contribution in [0.1, 0.15) is 61.4 Å². The lowest BCUT2D eigenvalue weighted by molar-refractivity contribution is 0.0895. The maximum atomic E-state index is 12.7. The van der Waals surface area contributed by atoms with Crippen LogP contribution in [0.3, 0.4) is 0 Å². The average Bonchev–Trinajstić information content (AvgIpc) is 3.46. The summed E-state index contributed by atoms with van der Waals surface area (Å²) in [6, 6.07) is 11.7. The van der Waals surface area contributed by atoms with Gasteiger partial charge in [-0.2, -0.15) is 4.98 Å². The van der Waals surface area contributed by atoms with Crippen LogP contribution >= 0.6 is 0 Å². The molecule has 11 heteroatoms. The summed E-state index contributed by atoms with van der Waals surface area (Å²) in [5.74, 6) is 1.42. The van der Waals surface area contributed by atoms with Gasteiger partial charge in [-0.1, -0.05) is 38.1 Å². The van der Waals surface area contributed by atoms with E-state index in [1.165, 1.54) is 6.33 Å². The molecule has 3 aromatic heterocycles. The number of benzene rings is 1. The number of rotatable bonds is 7. The first-order chi connectivity index (χ1) is 19.2. The third-order valence-electron chi connectivity index (χ3n) is 6.82. The zero-order valence-corrected chi connectivity index (χ0v) is 23.5. The Labute approximate surface area is 233 Å². The molecule has 1 aromatic carbocycles. The first-order valence-electron chi connectivity index (χ1n) is 13.4. The lowest BCUT2D eigenvalue weighted by atomic mass is 9.96. The van der Waals surface area contributed by atoms with E-state index in [0.29, 0.717) is 11.6 Å². The van der Waals surface area contributed by atoms with Crippen LogP contribution in [0.2, 0.25) is 0 Å². The number of carbonyl (C=O) groups is 1. The Balaban J connectivity index is 1.25. The lowest BCUT2D eigenvalue weighted by Crippen LogP contribution is -2.43. The molecule has 1 aliphatic rings. The van der Waals surface area contributed by atoms with Crippen LogP contribution in [0, 0.1) is 6.92 Å². The number of nitrogens with one attached hydrogen (secondary N) is 3. The molecule has 40 heavy (non-hydrogen) atoms. The van der Waals surface area contributed by atoms with Crippen molar-refractivity contribution in [2.45, 2.75) is 46.1 Å². The molecule has 3 N–H and O–H groups in total. The molecule has 0 aliphatic carbocycles. The van der Waals surface area contributed by atoms with Crippen LogP contribution in [-0.2, 0) is 5.41 Å². The number of carbonyl (C=O) groups excluding carboxylic acids is 1. The summed E-state index contributed by atoms with van der Waals surface area (Å²) in [5, 5.41) is 13.5. The van der Waals surface area contributed by atoms with Gasteiger partial charge in [-0.3, -0.25) is 4.79 Å². The minimum atomic E-state index is -0.403. The monoisotopic (exact) mass is 541 g/mol. The Hall–Kier alpha value is -4.38. The first-order valence-corrected chi connectivity index (χ1v) is 13.4. The summed E-state index contributed by atoms with van der Waals surface area (Å²) in [4.78, 5) is 32.7. The van der Waals surface area contributed by atoms with Gasteiger partial charge in [0.1, 0.15) is 18.0 Å². The van der Waals surface area contributed by atoms with Crippen molar-refractivity contribution >= 4 is 23.2 Å². The highest BCUT2D eigenvalue weighted by Crippen LogP contribution is 2.27. The Morgan fingerprint density at radius 2 is 1.85 bits per heavy atom. The summed E-state index contributed by atoms with van der Waals surface area (Å²) in [6.07, 6.45) is 3.43. The standard InChI is InChI=1S/C29H35N9O2/c1-18-14-20(6-8-22(18)19(2)34-26(39)27-36-28(37-40-27)29(3,4)5)23-15-25(33-17-32-23)35-24-9-7-21(16-31-24)38-12-10-30-11-13-38/h6-9,14-17,19,30H,10-13H2,1-5H3,(H,34,39)(H,31,32,33,35)/t19-/m1/s1. The summed E-state index contributed by atoms with van der Waals surface area (Å²) < 4.78 is 5.18. The molecule has 1 saturated heterocycles. The molecule has 5 rings (SSSR count). The van der Waals surface area contributed by atoms with E-state index in [-0.39, 0.29) is 17.3 Å². The predicted octanol–water partition coefficient (Wildman–Crippen LogP) is 4.17. The molecule has 4 aromatic rings. The van der Waals surface area contributed by atoms with Crippen molar-refractivity contribution in [1.29, 1.82) is 0 Å². The highest BCUT2D eigenvalue weighted by atomic mass is 16.5. The number of anilines is 3. The molecule has 4 heterocycles. The minimum Gasteiger partial charge on any atom is -0.368 e. The number of amides is 1. The summed E-state index contributed by atoms with van der Waals surface area (Å²) in [7, 11) is 0. The Kier molecular flexibility index (Phi) is 7.74. The van der Waals surface area contributed by atoms with Gasteiger partial charge in [0.05, 0.1) is 23.6 Å². The van der Waals surface area contributed by atoms with Gasteiger partial charge in [-0.15, -0.1) is 0 Å². The van der Waals surface area contributed by atoms with Crippen molar-refractivity contribution in [1.82, 2.24) is 35.7 Å².